The first kappa shape index (κ1) is 15.3. The topological polar surface area (TPSA) is 55.1 Å². The number of carbonyl (C=O) groups excluding carboxylic acids is 1. The molecule has 0 aliphatic carbocycles. The molecule has 1 amide bonds. The van der Waals surface area contributed by atoms with E-state index >= 15 is 0 Å². The van der Waals surface area contributed by atoms with E-state index in [1.165, 1.54) is 5.56 Å². The Bertz CT molecular complexity index is 581. The van der Waals surface area contributed by atoms with Crippen LogP contribution in [-0.4, -0.2) is 19.5 Å². The zero-order valence-electron chi connectivity index (χ0n) is 12.4. The highest BCUT2D eigenvalue weighted by molar-refractivity contribution is 5.95. The molecule has 0 aliphatic rings. The molecule has 0 bridgehead atoms. The van der Waals surface area contributed by atoms with Gasteiger partial charge >= 0.3 is 0 Å². The van der Waals surface area contributed by atoms with Crippen molar-refractivity contribution in [3.05, 3.63) is 71.3 Å². The summed E-state index contributed by atoms with van der Waals surface area (Å²) < 4.78 is 0. The molecular weight excluding hydrogens is 260 g/mol. The zero-order valence-corrected chi connectivity index (χ0v) is 12.4. The smallest absolute Gasteiger partial charge is 0.251 e. The van der Waals surface area contributed by atoms with Crippen LogP contribution in [0, 0.1) is 0 Å². The minimum Gasteiger partial charge on any atom is -0.355 e. The highest BCUT2D eigenvalue weighted by atomic mass is 16.1. The molecule has 0 radical (unpaired) electrons. The maximum Gasteiger partial charge on any atom is 0.251 e. The highest BCUT2D eigenvalue weighted by Gasteiger charge is 2.18. The van der Waals surface area contributed by atoms with Crippen LogP contribution in [0.1, 0.15) is 33.8 Å². The molecule has 3 heteroatoms. The van der Waals surface area contributed by atoms with E-state index in [2.05, 4.69) is 17.4 Å². The van der Waals surface area contributed by atoms with Gasteiger partial charge in [0.1, 0.15) is 0 Å². The van der Waals surface area contributed by atoms with Crippen molar-refractivity contribution in [3.63, 3.8) is 0 Å². The van der Waals surface area contributed by atoms with Gasteiger partial charge in [-0.1, -0.05) is 48.5 Å². The Balaban J connectivity index is 2.32. The Kier molecular flexibility index (Phi) is 5.52. The number of nitrogens with one attached hydrogen (secondary N) is 1. The van der Waals surface area contributed by atoms with Crippen LogP contribution in [0.5, 0.6) is 0 Å². The Morgan fingerprint density at radius 2 is 1.76 bits per heavy atom. The highest BCUT2D eigenvalue weighted by Crippen LogP contribution is 2.27. The molecule has 3 nitrogen and oxygen atoms in total. The second kappa shape index (κ2) is 7.60. The summed E-state index contributed by atoms with van der Waals surface area (Å²) in [6.07, 6.45) is 1.76. The molecule has 110 valence electrons. The number of rotatable bonds is 6. The van der Waals surface area contributed by atoms with Crippen LogP contribution < -0.4 is 11.1 Å². The van der Waals surface area contributed by atoms with Crippen LogP contribution in [0.4, 0.5) is 0 Å². The van der Waals surface area contributed by atoms with E-state index in [0.717, 1.165) is 24.0 Å². The molecule has 2 aromatic rings. The van der Waals surface area contributed by atoms with Gasteiger partial charge in [0.05, 0.1) is 0 Å². The van der Waals surface area contributed by atoms with E-state index in [0.29, 0.717) is 6.54 Å². The van der Waals surface area contributed by atoms with Crippen molar-refractivity contribution in [1.82, 2.24) is 5.32 Å². The van der Waals surface area contributed by atoms with Crippen molar-refractivity contribution < 1.29 is 4.79 Å². The summed E-state index contributed by atoms with van der Waals surface area (Å²) in [5, 5.41) is 2.71. The van der Waals surface area contributed by atoms with Crippen molar-refractivity contribution in [1.29, 1.82) is 0 Å². The Hall–Kier alpha value is -2.13. The Labute approximate surface area is 126 Å². The SMILES string of the molecule is CNC(=O)c1ccccc1[C@H](CCN)Cc1ccccc1. The van der Waals surface area contributed by atoms with Crippen LogP contribution in [0.2, 0.25) is 0 Å². The summed E-state index contributed by atoms with van der Waals surface area (Å²) in [5.41, 5.74) is 8.86. The van der Waals surface area contributed by atoms with Crippen molar-refractivity contribution in [3.8, 4) is 0 Å². The van der Waals surface area contributed by atoms with Crippen LogP contribution in [0.25, 0.3) is 0 Å². The predicted molar refractivity (Wildman–Crippen MR) is 86.4 cm³/mol. The third kappa shape index (κ3) is 3.92. The fourth-order valence-electron chi connectivity index (χ4n) is 2.66. The first-order valence-electron chi connectivity index (χ1n) is 7.31. The predicted octanol–water partition coefficient (Wildman–Crippen LogP) is 2.72. The first-order valence-corrected chi connectivity index (χ1v) is 7.31. The fraction of sp³-hybridized carbons (Fsp3) is 0.278. The lowest BCUT2D eigenvalue weighted by Gasteiger charge is -2.19. The first-order chi connectivity index (χ1) is 10.3. The summed E-state index contributed by atoms with van der Waals surface area (Å²) >= 11 is 0. The van der Waals surface area contributed by atoms with E-state index in [9.17, 15) is 4.79 Å². The van der Waals surface area contributed by atoms with Gasteiger partial charge in [-0.05, 0) is 42.5 Å². The lowest BCUT2D eigenvalue weighted by atomic mass is 9.86. The largest absolute Gasteiger partial charge is 0.355 e. The summed E-state index contributed by atoms with van der Waals surface area (Å²) in [4.78, 5) is 12.1. The van der Waals surface area contributed by atoms with Crippen LogP contribution in [-0.2, 0) is 6.42 Å². The van der Waals surface area contributed by atoms with Gasteiger partial charge in [-0.2, -0.15) is 0 Å². The van der Waals surface area contributed by atoms with Crippen LogP contribution in [0.3, 0.4) is 0 Å². The average Bonchev–Trinajstić information content (AvgIpc) is 2.55. The lowest BCUT2D eigenvalue weighted by molar-refractivity contribution is 0.0961. The Morgan fingerprint density at radius 3 is 2.43 bits per heavy atom. The number of carbonyl (C=O) groups is 1. The van der Waals surface area contributed by atoms with E-state index in [1.54, 1.807) is 7.05 Å². The standard InChI is InChI=1S/C18H22N2O/c1-20-18(21)17-10-6-5-9-16(17)15(11-12-19)13-14-7-3-2-4-8-14/h2-10,15H,11-13,19H2,1H3,(H,20,21)/t15-/m1/s1. The summed E-state index contributed by atoms with van der Waals surface area (Å²) in [7, 11) is 1.66. The number of amides is 1. The summed E-state index contributed by atoms with van der Waals surface area (Å²) in [5.74, 6) is 0.214. The molecule has 0 unspecified atom stereocenters. The maximum atomic E-state index is 12.1. The maximum absolute atomic E-state index is 12.1. The molecule has 0 fully saturated rings. The Morgan fingerprint density at radius 1 is 1.10 bits per heavy atom. The van der Waals surface area contributed by atoms with E-state index in [-0.39, 0.29) is 11.8 Å². The third-order valence-electron chi connectivity index (χ3n) is 3.71. The van der Waals surface area contributed by atoms with Gasteiger partial charge < -0.3 is 11.1 Å². The zero-order chi connectivity index (χ0) is 15.1. The molecule has 0 aliphatic heterocycles. The molecule has 0 aromatic heterocycles. The molecule has 0 saturated carbocycles. The second-order valence-electron chi connectivity index (χ2n) is 5.13. The van der Waals surface area contributed by atoms with Gasteiger partial charge in [0, 0.05) is 12.6 Å². The van der Waals surface area contributed by atoms with Gasteiger partial charge in [-0.15, -0.1) is 0 Å². The molecule has 21 heavy (non-hydrogen) atoms. The molecule has 3 N–H and O–H groups in total. The minimum absolute atomic E-state index is 0.0410. The number of hydrogen-bond donors (Lipinski definition) is 2. The summed E-state index contributed by atoms with van der Waals surface area (Å²) in [6, 6.07) is 18.1. The van der Waals surface area contributed by atoms with Gasteiger partial charge in [0.15, 0.2) is 0 Å². The van der Waals surface area contributed by atoms with Gasteiger partial charge in [-0.3, -0.25) is 4.79 Å². The van der Waals surface area contributed by atoms with Gasteiger partial charge in [0.2, 0.25) is 0 Å². The quantitative estimate of drug-likeness (QED) is 0.856. The van der Waals surface area contributed by atoms with Crippen molar-refractivity contribution in [2.75, 3.05) is 13.6 Å². The van der Waals surface area contributed by atoms with Crippen LogP contribution in [0.15, 0.2) is 54.6 Å². The minimum atomic E-state index is -0.0410. The molecule has 0 spiro atoms. The normalized spacial score (nSPS) is 11.9. The second-order valence-corrected chi connectivity index (χ2v) is 5.13. The molecule has 2 aromatic carbocycles. The monoisotopic (exact) mass is 282 g/mol. The lowest BCUT2D eigenvalue weighted by Crippen LogP contribution is -2.21. The number of nitrogens with two attached hydrogens (primary N) is 1. The van der Waals surface area contributed by atoms with Crippen molar-refractivity contribution >= 4 is 5.91 Å². The van der Waals surface area contributed by atoms with Crippen LogP contribution >= 0.6 is 0 Å². The van der Waals surface area contributed by atoms with Gasteiger partial charge in [0.25, 0.3) is 5.91 Å². The number of benzene rings is 2. The van der Waals surface area contributed by atoms with Gasteiger partial charge in [-0.25, -0.2) is 0 Å². The molecule has 1 atom stereocenters. The average molecular weight is 282 g/mol. The molecular formula is C18H22N2O. The fourth-order valence-corrected chi connectivity index (χ4v) is 2.66. The molecule has 0 heterocycles. The van der Waals surface area contributed by atoms with E-state index in [1.807, 2.05) is 42.5 Å². The van der Waals surface area contributed by atoms with E-state index < -0.39 is 0 Å². The van der Waals surface area contributed by atoms with E-state index in [4.69, 9.17) is 5.73 Å². The van der Waals surface area contributed by atoms with Crippen molar-refractivity contribution in [2.45, 2.75) is 18.8 Å². The number of hydrogen-bond acceptors (Lipinski definition) is 2. The molecule has 0 saturated heterocycles. The summed E-state index contributed by atoms with van der Waals surface area (Å²) in [6.45, 7) is 0.611. The third-order valence-corrected chi connectivity index (χ3v) is 3.71. The van der Waals surface area contributed by atoms with Crippen molar-refractivity contribution in [2.24, 2.45) is 5.73 Å². The molecule has 2 rings (SSSR count).